The summed E-state index contributed by atoms with van der Waals surface area (Å²) in [6.45, 7) is 2.30. The Morgan fingerprint density at radius 2 is 1.95 bits per heavy atom. The number of carbonyl (C=O) groups is 1. The number of anilines is 1. The van der Waals surface area contributed by atoms with Gasteiger partial charge in [-0.1, -0.05) is 11.3 Å². The first-order valence-electron chi connectivity index (χ1n) is 6.49. The SMILES string of the molecule is CS(=O)(=O)c1nnc(N2CCC3(CCNCC3)C2=O)s1. The van der Waals surface area contributed by atoms with Crippen LogP contribution in [0.2, 0.25) is 0 Å². The number of amides is 1. The Balaban J connectivity index is 1.85. The molecular formula is C11H16N4O3S2. The quantitative estimate of drug-likeness (QED) is 0.775. The van der Waals surface area contributed by atoms with Crippen LogP contribution >= 0.6 is 11.3 Å². The standard InChI is InChI=1S/C11H16N4O3S2/c1-20(17,18)10-14-13-9(19-10)15-7-4-11(8(15)16)2-5-12-6-3-11/h12H,2-7H2,1H3. The van der Waals surface area contributed by atoms with E-state index in [4.69, 9.17) is 0 Å². The van der Waals surface area contributed by atoms with Gasteiger partial charge in [-0.25, -0.2) is 8.42 Å². The molecule has 1 aromatic heterocycles. The third-order valence-corrected chi connectivity index (χ3v) is 6.63. The number of sulfone groups is 1. The van der Waals surface area contributed by atoms with Crippen molar-refractivity contribution in [2.75, 3.05) is 30.8 Å². The van der Waals surface area contributed by atoms with Crippen molar-refractivity contribution in [1.29, 1.82) is 0 Å². The number of nitrogens with one attached hydrogen (secondary N) is 1. The molecule has 3 heterocycles. The van der Waals surface area contributed by atoms with Gasteiger partial charge < -0.3 is 5.32 Å². The van der Waals surface area contributed by atoms with Crippen LogP contribution in [0.25, 0.3) is 0 Å². The van der Waals surface area contributed by atoms with Gasteiger partial charge in [0.25, 0.3) is 0 Å². The number of rotatable bonds is 2. The lowest BCUT2D eigenvalue weighted by Crippen LogP contribution is -2.42. The molecule has 2 fully saturated rings. The molecule has 1 spiro atoms. The second-order valence-corrected chi connectivity index (χ2v) is 8.51. The Hall–Kier alpha value is -1.06. The van der Waals surface area contributed by atoms with E-state index in [0.29, 0.717) is 11.7 Å². The number of hydrogen-bond acceptors (Lipinski definition) is 7. The van der Waals surface area contributed by atoms with E-state index in [2.05, 4.69) is 15.5 Å². The summed E-state index contributed by atoms with van der Waals surface area (Å²) >= 11 is 0.967. The van der Waals surface area contributed by atoms with Crippen LogP contribution < -0.4 is 10.2 Å². The molecule has 0 atom stereocenters. The maximum absolute atomic E-state index is 12.6. The molecule has 0 bridgehead atoms. The first kappa shape index (κ1) is 13.9. The van der Waals surface area contributed by atoms with Gasteiger partial charge in [-0.15, -0.1) is 10.2 Å². The molecule has 7 nitrogen and oxygen atoms in total. The van der Waals surface area contributed by atoms with Gasteiger partial charge in [-0.3, -0.25) is 9.69 Å². The molecule has 2 aliphatic rings. The highest BCUT2D eigenvalue weighted by molar-refractivity contribution is 7.92. The molecular weight excluding hydrogens is 300 g/mol. The first-order chi connectivity index (χ1) is 9.42. The van der Waals surface area contributed by atoms with Crippen molar-refractivity contribution in [3.05, 3.63) is 0 Å². The zero-order chi connectivity index (χ0) is 14.4. The van der Waals surface area contributed by atoms with Crippen LogP contribution in [0, 0.1) is 5.41 Å². The monoisotopic (exact) mass is 316 g/mol. The van der Waals surface area contributed by atoms with Crippen molar-refractivity contribution in [3.8, 4) is 0 Å². The molecule has 1 N–H and O–H groups in total. The molecule has 3 rings (SSSR count). The van der Waals surface area contributed by atoms with Crippen LogP contribution in [0.4, 0.5) is 5.13 Å². The zero-order valence-electron chi connectivity index (χ0n) is 11.1. The van der Waals surface area contributed by atoms with Gasteiger partial charge in [0.1, 0.15) is 0 Å². The van der Waals surface area contributed by atoms with E-state index in [0.717, 1.165) is 49.9 Å². The summed E-state index contributed by atoms with van der Waals surface area (Å²) in [6, 6.07) is 0. The Bertz CT molecular complexity index is 634. The minimum absolute atomic E-state index is 0.0356. The minimum Gasteiger partial charge on any atom is -0.317 e. The van der Waals surface area contributed by atoms with E-state index in [1.807, 2.05) is 0 Å². The molecule has 9 heteroatoms. The fraction of sp³-hybridized carbons (Fsp3) is 0.727. The Kier molecular flexibility index (Phi) is 3.30. The predicted molar refractivity (Wildman–Crippen MR) is 74.5 cm³/mol. The fourth-order valence-electron chi connectivity index (χ4n) is 2.83. The molecule has 1 aromatic rings. The minimum atomic E-state index is -3.37. The van der Waals surface area contributed by atoms with Crippen molar-refractivity contribution in [2.45, 2.75) is 23.6 Å². The van der Waals surface area contributed by atoms with Gasteiger partial charge in [-0.2, -0.15) is 0 Å². The van der Waals surface area contributed by atoms with Gasteiger partial charge in [0.05, 0.1) is 5.41 Å². The summed E-state index contributed by atoms with van der Waals surface area (Å²) in [6.07, 6.45) is 3.57. The summed E-state index contributed by atoms with van der Waals surface area (Å²) in [5.74, 6) is 0.0650. The third kappa shape index (κ3) is 2.23. The summed E-state index contributed by atoms with van der Waals surface area (Å²) in [7, 11) is -3.37. The highest BCUT2D eigenvalue weighted by Crippen LogP contribution is 2.42. The number of piperidine rings is 1. The maximum Gasteiger partial charge on any atom is 0.235 e. The van der Waals surface area contributed by atoms with Crippen LogP contribution in [0.1, 0.15) is 19.3 Å². The van der Waals surface area contributed by atoms with Crippen LogP contribution in [-0.2, 0) is 14.6 Å². The van der Waals surface area contributed by atoms with Crippen molar-refractivity contribution in [2.24, 2.45) is 5.41 Å². The average molecular weight is 316 g/mol. The second-order valence-electron chi connectivity index (χ2n) is 5.36. The number of nitrogens with zero attached hydrogens (tertiary/aromatic N) is 3. The van der Waals surface area contributed by atoms with Gasteiger partial charge in [0.2, 0.25) is 25.2 Å². The van der Waals surface area contributed by atoms with Gasteiger partial charge in [0, 0.05) is 12.8 Å². The largest absolute Gasteiger partial charge is 0.317 e. The van der Waals surface area contributed by atoms with Crippen LogP contribution in [0.5, 0.6) is 0 Å². The molecule has 0 radical (unpaired) electrons. The van der Waals surface area contributed by atoms with Crippen molar-refractivity contribution < 1.29 is 13.2 Å². The van der Waals surface area contributed by atoms with Crippen molar-refractivity contribution in [1.82, 2.24) is 15.5 Å². The first-order valence-corrected chi connectivity index (χ1v) is 9.19. The van der Waals surface area contributed by atoms with Gasteiger partial charge in [-0.05, 0) is 32.4 Å². The highest BCUT2D eigenvalue weighted by atomic mass is 32.2. The number of carbonyl (C=O) groups excluding carboxylic acids is 1. The van der Waals surface area contributed by atoms with E-state index >= 15 is 0 Å². The fourth-order valence-corrected chi connectivity index (χ4v) is 4.46. The maximum atomic E-state index is 12.6. The third-order valence-electron chi connectivity index (χ3n) is 4.02. The Morgan fingerprint density at radius 3 is 2.55 bits per heavy atom. The smallest absolute Gasteiger partial charge is 0.235 e. The van der Waals surface area contributed by atoms with Crippen LogP contribution in [-0.4, -0.2) is 50.4 Å². The van der Waals surface area contributed by atoms with E-state index < -0.39 is 9.84 Å². The van der Waals surface area contributed by atoms with Gasteiger partial charge in [0.15, 0.2) is 0 Å². The topological polar surface area (TPSA) is 92.3 Å². The number of aromatic nitrogens is 2. The van der Waals surface area contributed by atoms with E-state index in [9.17, 15) is 13.2 Å². The lowest BCUT2D eigenvalue weighted by Gasteiger charge is -2.31. The second kappa shape index (κ2) is 4.74. The van der Waals surface area contributed by atoms with E-state index in [1.54, 1.807) is 4.90 Å². The Morgan fingerprint density at radius 1 is 1.25 bits per heavy atom. The lowest BCUT2D eigenvalue weighted by atomic mass is 9.78. The van der Waals surface area contributed by atoms with Crippen LogP contribution in [0.3, 0.4) is 0 Å². The molecule has 2 aliphatic heterocycles. The Labute approximate surface area is 121 Å². The van der Waals surface area contributed by atoms with Crippen LogP contribution in [0.15, 0.2) is 4.34 Å². The van der Waals surface area contributed by atoms with E-state index in [1.165, 1.54) is 0 Å². The average Bonchev–Trinajstić information content (AvgIpc) is 2.98. The van der Waals surface area contributed by atoms with Crippen molar-refractivity contribution in [3.63, 3.8) is 0 Å². The molecule has 20 heavy (non-hydrogen) atoms. The molecule has 0 aliphatic carbocycles. The molecule has 0 saturated carbocycles. The highest BCUT2D eigenvalue weighted by Gasteiger charge is 2.48. The van der Waals surface area contributed by atoms with Gasteiger partial charge >= 0.3 is 0 Å². The molecule has 2 saturated heterocycles. The summed E-state index contributed by atoms with van der Waals surface area (Å²) in [5.41, 5.74) is -0.290. The summed E-state index contributed by atoms with van der Waals surface area (Å²) in [4.78, 5) is 14.2. The summed E-state index contributed by atoms with van der Waals surface area (Å²) < 4.78 is 22.8. The molecule has 1 amide bonds. The molecule has 0 aromatic carbocycles. The number of hydrogen-bond donors (Lipinski definition) is 1. The normalized spacial score (nSPS) is 22.6. The van der Waals surface area contributed by atoms with Crippen molar-refractivity contribution >= 4 is 32.2 Å². The zero-order valence-corrected chi connectivity index (χ0v) is 12.8. The summed E-state index contributed by atoms with van der Waals surface area (Å²) in [5, 5.41) is 11.2. The molecule has 0 unspecified atom stereocenters. The predicted octanol–water partition coefficient (Wildman–Crippen LogP) is 0.0481. The molecule has 110 valence electrons. The lowest BCUT2D eigenvalue weighted by molar-refractivity contribution is -0.126. The van der Waals surface area contributed by atoms with E-state index in [-0.39, 0.29) is 15.7 Å².